The summed E-state index contributed by atoms with van der Waals surface area (Å²) in [4.78, 5) is 31.5. The number of carboxylic acid groups (broad SMARTS) is 1. The molecular formula is C8H8N2O5. The molecule has 15 heavy (non-hydrogen) atoms. The van der Waals surface area contributed by atoms with Gasteiger partial charge in [0.15, 0.2) is 0 Å². The summed E-state index contributed by atoms with van der Waals surface area (Å²) >= 11 is 0. The van der Waals surface area contributed by atoms with Gasteiger partial charge in [-0.2, -0.15) is 0 Å². The molecule has 1 aromatic heterocycles. The first kappa shape index (κ1) is 10.9. The van der Waals surface area contributed by atoms with Crippen LogP contribution in [-0.2, 0) is 11.3 Å². The monoisotopic (exact) mass is 212 g/mol. The van der Waals surface area contributed by atoms with Gasteiger partial charge >= 0.3 is 5.97 Å². The summed E-state index contributed by atoms with van der Waals surface area (Å²) in [5, 5.41) is 19.0. The van der Waals surface area contributed by atoms with Crippen LogP contribution in [0.4, 0.5) is 5.69 Å². The molecule has 1 heterocycles. The Morgan fingerprint density at radius 1 is 1.60 bits per heavy atom. The van der Waals surface area contributed by atoms with Crippen LogP contribution in [0.2, 0.25) is 0 Å². The third kappa shape index (κ3) is 2.19. The highest BCUT2D eigenvalue weighted by molar-refractivity contribution is 5.66. The lowest BCUT2D eigenvalue weighted by Gasteiger charge is -2.06. The molecule has 0 aromatic carbocycles. The highest BCUT2D eigenvalue weighted by Gasteiger charge is 2.16. The largest absolute Gasteiger partial charge is 0.480 e. The zero-order chi connectivity index (χ0) is 11.6. The Bertz CT molecular complexity index is 476. The van der Waals surface area contributed by atoms with Crippen molar-refractivity contribution < 1.29 is 14.8 Å². The maximum absolute atomic E-state index is 11.2. The Morgan fingerprint density at radius 2 is 2.20 bits per heavy atom. The highest BCUT2D eigenvalue weighted by atomic mass is 16.6. The summed E-state index contributed by atoms with van der Waals surface area (Å²) in [5.41, 5.74) is -0.800. The lowest BCUT2D eigenvalue weighted by Crippen LogP contribution is -2.25. The first-order chi connectivity index (χ1) is 6.93. The molecule has 0 fully saturated rings. The molecule has 0 aliphatic heterocycles. The number of nitrogens with zero attached hydrogens (tertiary/aromatic N) is 2. The average molecular weight is 212 g/mol. The zero-order valence-electron chi connectivity index (χ0n) is 7.84. The van der Waals surface area contributed by atoms with E-state index in [0.717, 1.165) is 16.7 Å². The molecule has 0 bridgehead atoms. The smallest absolute Gasteiger partial charge is 0.323 e. The van der Waals surface area contributed by atoms with E-state index in [1.807, 2.05) is 0 Å². The van der Waals surface area contributed by atoms with Gasteiger partial charge in [-0.05, 0) is 6.92 Å². The first-order valence-electron chi connectivity index (χ1n) is 4.00. The third-order valence-corrected chi connectivity index (χ3v) is 1.92. The van der Waals surface area contributed by atoms with Crippen molar-refractivity contribution in [2.75, 3.05) is 0 Å². The van der Waals surface area contributed by atoms with Crippen LogP contribution in [0.3, 0.4) is 0 Å². The van der Waals surface area contributed by atoms with Crippen LogP contribution in [0.1, 0.15) is 5.69 Å². The Labute approximate surface area is 83.7 Å². The third-order valence-electron chi connectivity index (χ3n) is 1.92. The fraction of sp³-hybridized carbons (Fsp3) is 0.250. The summed E-state index contributed by atoms with van der Waals surface area (Å²) in [7, 11) is 0. The van der Waals surface area contributed by atoms with Gasteiger partial charge in [-0.15, -0.1) is 0 Å². The maximum atomic E-state index is 11.2. The number of hydrogen-bond donors (Lipinski definition) is 1. The van der Waals surface area contributed by atoms with Crippen molar-refractivity contribution in [3.05, 3.63) is 38.3 Å². The van der Waals surface area contributed by atoms with Crippen LogP contribution in [0.5, 0.6) is 0 Å². The number of rotatable bonds is 3. The molecule has 1 N–H and O–H groups in total. The fourth-order valence-electron chi connectivity index (χ4n) is 1.19. The Kier molecular flexibility index (Phi) is 2.84. The number of pyridine rings is 1. The zero-order valence-corrected chi connectivity index (χ0v) is 7.84. The van der Waals surface area contributed by atoms with E-state index in [4.69, 9.17) is 5.11 Å². The number of aromatic nitrogens is 1. The maximum Gasteiger partial charge on any atom is 0.323 e. The number of hydrogen-bond acceptors (Lipinski definition) is 4. The van der Waals surface area contributed by atoms with E-state index in [9.17, 15) is 19.7 Å². The summed E-state index contributed by atoms with van der Waals surface area (Å²) in [6.45, 7) is 0.759. The molecule has 0 unspecified atom stereocenters. The standard InChI is InChI=1S/C8H8N2O5/c1-5-6(10(14)15)2-3-7(11)9(5)4-8(12)13/h2-3H,4H2,1H3,(H,12,13). The lowest BCUT2D eigenvalue weighted by atomic mass is 10.3. The summed E-state index contributed by atoms with van der Waals surface area (Å²) < 4.78 is 0.848. The molecule has 7 nitrogen and oxygen atoms in total. The Morgan fingerprint density at radius 3 is 2.67 bits per heavy atom. The van der Waals surface area contributed by atoms with Crippen molar-refractivity contribution in [1.82, 2.24) is 4.57 Å². The van der Waals surface area contributed by atoms with Crippen LogP contribution < -0.4 is 5.56 Å². The van der Waals surface area contributed by atoms with Crippen molar-refractivity contribution in [2.24, 2.45) is 0 Å². The van der Waals surface area contributed by atoms with Crippen LogP contribution in [-0.4, -0.2) is 20.6 Å². The van der Waals surface area contributed by atoms with Crippen molar-refractivity contribution >= 4 is 11.7 Å². The van der Waals surface area contributed by atoms with E-state index < -0.39 is 23.0 Å². The van der Waals surface area contributed by atoms with Crippen LogP contribution >= 0.6 is 0 Å². The number of aliphatic carboxylic acids is 1. The van der Waals surface area contributed by atoms with Gasteiger partial charge in [-0.25, -0.2) is 0 Å². The molecular weight excluding hydrogens is 204 g/mol. The van der Waals surface area contributed by atoms with Crippen molar-refractivity contribution in [1.29, 1.82) is 0 Å². The molecule has 0 aliphatic rings. The minimum Gasteiger partial charge on any atom is -0.480 e. The van der Waals surface area contributed by atoms with Gasteiger partial charge in [0, 0.05) is 12.1 Å². The lowest BCUT2D eigenvalue weighted by molar-refractivity contribution is -0.386. The molecule has 7 heteroatoms. The normalized spacial score (nSPS) is 9.93. The summed E-state index contributed by atoms with van der Waals surface area (Å²) in [5.74, 6) is -1.22. The quantitative estimate of drug-likeness (QED) is 0.567. The average Bonchev–Trinajstić information content (AvgIpc) is 2.11. The van der Waals surface area contributed by atoms with Gasteiger partial charge < -0.3 is 5.11 Å². The molecule has 0 amide bonds. The van der Waals surface area contributed by atoms with Crippen LogP contribution in [0, 0.1) is 17.0 Å². The molecule has 0 saturated carbocycles. The van der Waals surface area contributed by atoms with Gasteiger partial charge in [0.05, 0.1) is 10.6 Å². The molecule has 0 spiro atoms. The molecule has 1 rings (SSSR count). The molecule has 1 aromatic rings. The minimum absolute atomic E-state index is 0.0369. The van der Waals surface area contributed by atoms with Crippen molar-refractivity contribution in [3.8, 4) is 0 Å². The number of carbonyl (C=O) groups is 1. The van der Waals surface area contributed by atoms with Gasteiger partial charge in [-0.1, -0.05) is 0 Å². The first-order valence-corrected chi connectivity index (χ1v) is 4.00. The van der Waals surface area contributed by atoms with Crippen molar-refractivity contribution in [3.63, 3.8) is 0 Å². The van der Waals surface area contributed by atoms with E-state index in [-0.39, 0.29) is 11.4 Å². The van der Waals surface area contributed by atoms with E-state index in [2.05, 4.69) is 0 Å². The van der Waals surface area contributed by atoms with Crippen LogP contribution in [0.25, 0.3) is 0 Å². The van der Waals surface area contributed by atoms with Gasteiger partial charge in [0.2, 0.25) is 0 Å². The Balaban J connectivity index is 3.36. The number of carboxylic acids is 1. The van der Waals surface area contributed by atoms with Gasteiger partial charge in [0.1, 0.15) is 6.54 Å². The van der Waals surface area contributed by atoms with E-state index >= 15 is 0 Å². The molecule has 0 saturated heterocycles. The predicted octanol–water partition coefficient (Wildman–Crippen LogP) is 0.150. The summed E-state index contributed by atoms with van der Waals surface area (Å²) in [6, 6.07) is 2.05. The fourth-order valence-corrected chi connectivity index (χ4v) is 1.19. The predicted molar refractivity (Wildman–Crippen MR) is 49.7 cm³/mol. The SMILES string of the molecule is Cc1c([N+](=O)[O-])ccc(=O)n1CC(=O)O. The highest BCUT2D eigenvalue weighted by Crippen LogP contribution is 2.14. The summed E-state index contributed by atoms with van der Waals surface area (Å²) in [6.07, 6.45) is 0. The molecule has 0 radical (unpaired) electrons. The minimum atomic E-state index is -1.22. The van der Waals surface area contributed by atoms with E-state index in [1.165, 1.54) is 6.92 Å². The number of nitro groups is 1. The second-order valence-electron chi connectivity index (χ2n) is 2.88. The van der Waals surface area contributed by atoms with Gasteiger partial charge in [-0.3, -0.25) is 24.3 Å². The van der Waals surface area contributed by atoms with Gasteiger partial charge in [0.25, 0.3) is 11.2 Å². The van der Waals surface area contributed by atoms with Crippen molar-refractivity contribution in [2.45, 2.75) is 13.5 Å². The Hall–Kier alpha value is -2.18. The van der Waals surface area contributed by atoms with E-state index in [0.29, 0.717) is 0 Å². The molecule has 0 atom stereocenters. The second-order valence-corrected chi connectivity index (χ2v) is 2.88. The molecule has 0 aliphatic carbocycles. The molecule has 80 valence electrons. The van der Waals surface area contributed by atoms with E-state index in [1.54, 1.807) is 0 Å². The second kappa shape index (κ2) is 3.91. The topological polar surface area (TPSA) is 102 Å². The van der Waals surface area contributed by atoms with Crippen LogP contribution in [0.15, 0.2) is 16.9 Å².